The molecule has 0 aliphatic rings. The van der Waals surface area contributed by atoms with Crippen molar-refractivity contribution in [3.8, 4) is 0 Å². The van der Waals surface area contributed by atoms with Gasteiger partial charge < -0.3 is 14.4 Å². The summed E-state index contributed by atoms with van der Waals surface area (Å²) in [6.45, 7) is 5.33. The fourth-order valence-corrected chi connectivity index (χ4v) is 2.16. The average molecular weight is 275 g/mol. The summed E-state index contributed by atoms with van der Waals surface area (Å²) in [5.74, 6) is 1.44. The Morgan fingerprint density at radius 2 is 1.90 bits per heavy atom. The van der Waals surface area contributed by atoms with Gasteiger partial charge in [0.15, 0.2) is 5.82 Å². The Morgan fingerprint density at radius 1 is 1.15 bits per heavy atom. The van der Waals surface area contributed by atoms with Gasteiger partial charge in [-0.15, -0.1) is 10.2 Å². The number of aryl methyl sites for hydroxylation is 2. The lowest BCUT2D eigenvalue weighted by molar-refractivity contribution is 0.181. The zero-order chi connectivity index (χ0) is 14.5. The second-order valence-electron chi connectivity index (χ2n) is 4.93. The SMILES string of the molecule is COCCn1c(CO)nnc1Cc1ccc(C)c(C)c1. The quantitative estimate of drug-likeness (QED) is 0.870. The summed E-state index contributed by atoms with van der Waals surface area (Å²) in [6.07, 6.45) is 0.706. The van der Waals surface area contributed by atoms with Crippen molar-refractivity contribution in [3.05, 3.63) is 46.5 Å². The van der Waals surface area contributed by atoms with E-state index in [0.717, 1.165) is 5.82 Å². The fraction of sp³-hybridized carbons (Fsp3) is 0.467. The minimum absolute atomic E-state index is 0.108. The number of hydrogen-bond donors (Lipinski definition) is 1. The summed E-state index contributed by atoms with van der Waals surface area (Å²) in [5.41, 5.74) is 3.75. The normalized spacial score (nSPS) is 11.0. The van der Waals surface area contributed by atoms with Crippen LogP contribution in [0.4, 0.5) is 0 Å². The number of rotatable bonds is 6. The van der Waals surface area contributed by atoms with E-state index in [4.69, 9.17) is 4.74 Å². The lowest BCUT2D eigenvalue weighted by atomic mass is 10.0. The number of hydrogen-bond acceptors (Lipinski definition) is 4. The summed E-state index contributed by atoms with van der Waals surface area (Å²) < 4.78 is 7.03. The van der Waals surface area contributed by atoms with Crippen molar-refractivity contribution in [2.24, 2.45) is 0 Å². The summed E-state index contributed by atoms with van der Waals surface area (Å²) in [7, 11) is 1.66. The zero-order valence-electron chi connectivity index (χ0n) is 12.3. The minimum Gasteiger partial charge on any atom is -0.388 e. The predicted octanol–water partition coefficient (Wildman–Crippen LogP) is 1.62. The maximum absolute atomic E-state index is 9.31. The Bertz CT molecular complexity index is 578. The van der Waals surface area contributed by atoms with Gasteiger partial charge in [0.05, 0.1) is 6.61 Å². The van der Waals surface area contributed by atoms with Gasteiger partial charge in [0.2, 0.25) is 0 Å². The summed E-state index contributed by atoms with van der Waals surface area (Å²) in [4.78, 5) is 0. The smallest absolute Gasteiger partial charge is 0.158 e. The van der Waals surface area contributed by atoms with Crippen LogP contribution in [0, 0.1) is 13.8 Å². The highest BCUT2D eigenvalue weighted by molar-refractivity contribution is 5.31. The fourth-order valence-electron chi connectivity index (χ4n) is 2.16. The average Bonchev–Trinajstić information content (AvgIpc) is 2.82. The molecule has 108 valence electrons. The first-order chi connectivity index (χ1) is 9.65. The van der Waals surface area contributed by atoms with Gasteiger partial charge in [0, 0.05) is 20.1 Å². The van der Waals surface area contributed by atoms with Crippen LogP contribution in [0.15, 0.2) is 18.2 Å². The highest BCUT2D eigenvalue weighted by Gasteiger charge is 2.11. The molecule has 1 aromatic heterocycles. The second kappa shape index (κ2) is 6.63. The molecular weight excluding hydrogens is 254 g/mol. The molecule has 0 amide bonds. The van der Waals surface area contributed by atoms with Crippen molar-refractivity contribution in [1.29, 1.82) is 0 Å². The second-order valence-corrected chi connectivity index (χ2v) is 4.93. The van der Waals surface area contributed by atoms with E-state index in [1.54, 1.807) is 7.11 Å². The standard InChI is InChI=1S/C15H21N3O2/c1-11-4-5-13(8-12(11)2)9-14-16-17-15(10-19)18(14)6-7-20-3/h4-5,8,19H,6-7,9-10H2,1-3H3. The molecule has 0 fully saturated rings. The third-order valence-electron chi connectivity index (χ3n) is 3.50. The van der Waals surface area contributed by atoms with E-state index < -0.39 is 0 Å². The Kier molecular flexibility index (Phi) is 4.87. The van der Waals surface area contributed by atoms with Gasteiger partial charge >= 0.3 is 0 Å². The monoisotopic (exact) mass is 275 g/mol. The molecular formula is C15H21N3O2. The van der Waals surface area contributed by atoms with Gasteiger partial charge in [-0.2, -0.15) is 0 Å². The Labute approximate surface area is 119 Å². The van der Waals surface area contributed by atoms with E-state index in [0.29, 0.717) is 25.4 Å². The first-order valence-corrected chi connectivity index (χ1v) is 6.72. The van der Waals surface area contributed by atoms with E-state index in [1.165, 1.54) is 16.7 Å². The molecule has 0 unspecified atom stereocenters. The van der Waals surface area contributed by atoms with Gasteiger partial charge in [-0.3, -0.25) is 0 Å². The molecule has 0 spiro atoms. The molecule has 0 bridgehead atoms. The number of aliphatic hydroxyl groups is 1. The molecule has 20 heavy (non-hydrogen) atoms. The third-order valence-corrected chi connectivity index (χ3v) is 3.50. The van der Waals surface area contributed by atoms with E-state index in [2.05, 4.69) is 42.2 Å². The molecule has 2 rings (SSSR count). The van der Waals surface area contributed by atoms with Crippen LogP contribution in [0.1, 0.15) is 28.3 Å². The van der Waals surface area contributed by atoms with Crippen LogP contribution >= 0.6 is 0 Å². The Balaban J connectivity index is 2.23. The molecule has 0 atom stereocenters. The molecule has 0 aliphatic carbocycles. The lowest BCUT2D eigenvalue weighted by Crippen LogP contribution is -2.12. The van der Waals surface area contributed by atoms with Gasteiger partial charge in [-0.05, 0) is 30.5 Å². The van der Waals surface area contributed by atoms with Crippen molar-refractivity contribution < 1.29 is 9.84 Å². The van der Waals surface area contributed by atoms with Gasteiger partial charge in [0.1, 0.15) is 12.4 Å². The molecule has 5 heteroatoms. The maximum Gasteiger partial charge on any atom is 0.158 e. The highest BCUT2D eigenvalue weighted by atomic mass is 16.5. The number of aromatic nitrogens is 3. The maximum atomic E-state index is 9.31. The molecule has 0 saturated heterocycles. The molecule has 1 N–H and O–H groups in total. The van der Waals surface area contributed by atoms with E-state index in [1.807, 2.05) is 4.57 Å². The molecule has 1 heterocycles. The molecule has 2 aromatic rings. The highest BCUT2D eigenvalue weighted by Crippen LogP contribution is 2.14. The first kappa shape index (κ1) is 14.7. The predicted molar refractivity (Wildman–Crippen MR) is 76.5 cm³/mol. The van der Waals surface area contributed by atoms with Gasteiger partial charge in [0.25, 0.3) is 0 Å². The van der Waals surface area contributed by atoms with E-state index >= 15 is 0 Å². The van der Waals surface area contributed by atoms with Crippen LogP contribution in [0.5, 0.6) is 0 Å². The summed E-state index contributed by atoms with van der Waals surface area (Å²) in [5, 5.41) is 17.5. The van der Waals surface area contributed by atoms with Crippen molar-refractivity contribution in [2.45, 2.75) is 33.4 Å². The van der Waals surface area contributed by atoms with Gasteiger partial charge in [-0.25, -0.2) is 0 Å². The number of methoxy groups -OCH3 is 1. The van der Waals surface area contributed by atoms with Crippen LogP contribution in [-0.2, 0) is 24.3 Å². The van der Waals surface area contributed by atoms with Crippen LogP contribution < -0.4 is 0 Å². The molecule has 0 saturated carbocycles. The first-order valence-electron chi connectivity index (χ1n) is 6.72. The van der Waals surface area contributed by atoms with Crippen molar-refractivity contribution >= 4 is 0 Å². The van der Waals surface area contributed by atoms with Gasteiger partial charge in [-0.1, -0.05) is 18.2 Å². The summed E-state index contributed by atoms with van der Waals surface area (Å²) in [6, 6.07) is 6.40. The topological polar surface area (TPSA) is 60.2 Å². The zero-order valence-corrected chi connectivity index (χ0v) is 12.3. The Hall–Kier alpha value is -1.72. The van der Waals surface area contributed by atoms with E-state index in [9.17, 15) is 5.11 Å². The molecule has 0 radical (unpaired) electrons. The van der Waals surface area contributed by atoms with Crippen molar-refractivity contribution in [2.75, 3.05) is 13.7 Å². The van der Waals surface area contributed by atoms with Crippen LogP contribution in [0.3, 0.4) is 0 Å². The largest absolute Gasteiger partial charge is 0.388 e. The Morgan fingerprint density at radius 3 is 2.55 bits per heavy atom. The minimum atomic E-state index is -0.108. The van der Waals surface area contributed by atoms with Crippen LogP contribution in [-0.4, -0.2) is 33.6 Å². The van der Waals surface area contributed by atoms with Crippen LogP contribution in [0.2, 0.25) is 0 Å². The van der Waals surface area contributed by atoms with Crippen molar-refractivity contribution in [1.82, 2.24) is 14.8 Å². The summed E-state index contributed by atoms with van der Waals surface area (Å²) >= 11 is 0. The van der Waals surface area contributed by atoms with E-state index in [-0.39, 0.29) is 6.61 Å². The number of benzene rings is 1. The number of ether oxygens (including phenoxy) is 1. The van der Waals surface area contributed by atoms with Crippen LogP contribution in [0.25, 0.3) is 0 Å². The number of aliphatic hydroxyl groups excluding tert-OH is 1. The van der Waals surface area contributed by atoms with Crippen molar-refractivity contribution in [3.63, 3.8) is 0 Å². The third kappa shape index (κ3) is 3.23. The molecule has 5 nitrogen and oxygen atoms in total. The lowest BCUT2D eigenvalue weighted by Gasteiger charge is -2.09. The molecule has 1 aromatic carbocycles. The number of nitrogens with zero attached hydrogens (tertiary/aromatic N) is 3. The molecule has 0 aliphatic heterocycles.